The zero-order valence-corrected chi connectivity index (χ0v) is 17.9. The topological polar surface area (TPSA) is 93.7 Å². The van der Waals surface area contributed by atoms with Crippen LogP contribution in [0.5, 0.6) is 11.5 Å². The van der Waals surface area contributed by atoms with Crippen molar-refractivity contribution in [3.63, 3.8) is 0 Å². The van der Waals surface area contributed by atoms with Gasteiger partial charge < -0.3 is 20.1 Å². The van der Waals surface area contributed by atoms with E-state index in [4.69, 9.17) is 9.47 Å². The van der Waals surface area contributed by atoms with E-state index in [1.165, 1.54) is 13.0 Å². The van der Waals surface area contributed by atoms with Gasteiger partial charge in [-0.1, -0.05) is 30.3 Å². The van der Waals surface area contributed by atoms with Crippen molar-refractivity contribution in [3.8, 4) is 11.5 Å². The van der Waals surface area contributed by atoms with Gasteiger partial charge in [0.2, 0.25) is 5.91 Å². The maximum Gasteiger partial charge on any atom is 0.308 e. The van der Waals surface area contributed by atoms with Crippen LogP contribution in [0, 0.1) is 0 Å². The van der Waals surface area contributed by atoms with E-state index in [1.54, 1.807) is 31.4 Å². The molecule has 0 radical (unpaired) electrons. The third-order valence-corrected chi connectivity index (χ3v) is 4.55. The van der Waals surface area contributed by atoms with Crippen LogP contribution in [0.15, 0.2) is 72.8 Å². The molecule has 2 N–H and O–H groups in total. The lowest BCUT2D eigenvalue weighted by Gasteiger charge is -2.10. The number of ether oxygens (including phenoxy) is 2. The summed E-state index contributed by atoms with van der Waals surface area (Å²) in [6.07, 6.45) is 0.240. The third-order valence-electron chi connectivity index (χ3n) is 4.55. The molecule has 0 saturated heterocycles. The number of benzene rings is 3. The monoisotopic (exact) mass is 432 g/mol. The Kier molecular flexibility index (Phi) is 7.59. The van der Waals surface area contributed by atoms with Crippen LogP contribution in [0.1, 0.15) is 28.4 Å². The molecule has 7 heteroatoms. The van der Waals surface area contributed by atoms with Gasteiger partial charge in [0.05, 0.1) is 13.5 Å². The van der Waals surface area contributed by atoms with Crippen molar-refractivity contribution in [2.75, 3.05) is 12.4 Å². The fourth-order valence-corrected chi connectivity index (χ4v) is 3.04. The first-order chi connectivity index (χ1) is 15.4. The van der Waals surface area contributed by atoms with Crippen LogP contribution < -0.4 is 20.1 Å². The summed E-state index contributed by atoms with van der Waals surface area (Å²) in [6, 6.07) is 21.0. The molecule has 0 heterocycles. The molecule has 0 fully saturated rings. The van der Waals surface area contributed by atoms with Gasteiger partial charge in [-0.2, -0.15) is 0 Å². The molecule has 0 aliphatic rings. The van der Waals surface area contributed by atoms with Crippen molar-refractivity contribution in [1.82, 2.24) is 5.32 Å². The first-order valence-corrected chi connectivity index (χ1v) is 10.0. The number of carbonyl (C=O) groups is 3. The van der Waals surface area contributed by atoms with Crippen LogP contribution in [0.4, 0.5) is 5.69 Å². The highest BCUT2D eigenvalue weighted by molar-refractivity contribution is 5.95. The summed E-state index contributed by atoms with van der Waals surface area (Å²) in [4.78, 5) is 35.9. The zero-order valence-electron chi connectivity index (χ0n) is 17.9. The summed E-state index contributed by atoms with van der Waals surface area (Å²) in [5, 5.41) is 5.70. The molecule has 7 nitrogen and oxygen atoms in total. The van der Waals surface area contributed by atoms with Gasteiger partial charge in [-0.05, 0) is 53.6 Å². The molecule has 0 bridgehead atoms. The number of anilines is 1. The van der Waals surface area contributed by atoms with Gasteiger partial charge in [0.25, 0.3) is 5.91 Å². The Bertz CT molecular complexity index is 1110. The van der Waals surface area contributed by atoms with Crippen LogP contribution >= 0.6 is 0 Å². The molecule has 3 rings (SSSR count). The van der Waals surface area contributed by atoms with Crippen molar-refractivity contribution < 1.29 is 23.9 Å². The molecule has 3 aromatic carbocycles. The molecular formula is C25H24N2O5. The van der Waals surface area contributed by atoms with Crippen molar-refractivity contribution in [1.29, 1.82) is 0 Å². The number of methoxy groups -OCH3 is 1. The SMILES string of the molecule is COc1ccc(CC(=O)Nc2cccc(CNC(=O)c3cccc(OC(C)=O)c3)c2)cc1. The van der Waals surface area contributed by atoms with Crippen LogP contribution in [0.25, 0.3) is 0 Å². The lowest BCUT2D eigenvalue weighted by molar-refractivity contribution is -0.131. The second-order valence-corrected chi connectivity index (χ2v) is 7.08. The maximum atomic E-state index is 12.4. The molecule has 0 spiro atoms. The number of hydrogen-bond donors (Lipinski definition) is 2. The van der Waals surface area contributed by atoms with Crippen molar-refractivity contribution in [3.05, 3.63) is 89.5 Å². The van der Waals surface area contributed by atoms with Crippen LogP contribution in [0.3, 0.4) is 0 Å². The molecule has 164 valence electrons. The van der Waals surface area contributed by atoms with Gasteiger partial charge in [0.1, 0.15) is 11.5 Å². The van der Waals surface area contributed by atoms with E-state index >= 15 is 0 Å². The minimum atomic E-state index is -0.451. The number of esters is 1. The molecule has 0 aliphatic heterocycles. The number of amides is 2. The molecule has 2 amide bonds. The van der Waals surface area contributed by atoms with Crippen molar-refractivity contribution in [2.45, 2.75) is 19.9 Å². The van der Waals surface area contributed by atoms with E-state index in [0.29, 0.717) is 17.0 Å². The van der Waals surface area contributed by atoms with E-state index < -0.39 is 5.97 Å². The molecule has 0 unspecified atom stereocenters. The van der Waals surface area contributed by atoms with Gasteiger partial charge in [0.15, 0.2) is 0 Å². The standard InChI is InChI=1S/C25H24N2O5/c1-17(28)32-23-8-4-6-20(15-23)25(30)26-16-19-5-3-7-21(13-19)27-24(29)14-18-9-11-22(31-2)12-10-18/h3-13,15H,14,16H2,1-2H3,(H,26,30)(H,27,29). The lowest BCUT2D eigenvalue weighted by Crippen LogP contribution is -2.23. The maximum absolute atomic E-state index is 12.4. The van der Waals surface area contributed by atoms with Gasteiger partial charge in [-0.25, -0.2) is 0 Å². The van der Waals surface area contributed by atoms with Crippen LogP contribution in [-0.4, -0.2) is 24.9 Å². The van der Waals surface area contributed by atoms with Crippen molar-refractivity contribution >= 4 is 23.5 Å². The Hall–Kier alpha value is -4.13. The fourth-order valence-electron chi connectivity index (χ4n) is 3.04. The summed E-state index contributed by atoms with van der Waals surface area (Å²) in [7, 11) is 1.59. The van der Waals surface area contributed by atoms with Crippen molar-refractivity contribution in [2.24, 2.45) is 0 Å². The number of carbonyl (C=O) groups excluding carboxylic acids is 3. The van der Waals surface area contributed by atoms with Gasteiger partial charge in [0, 0.05) is 24.7 Å². The van der Waals surface area contributed by atoms with Crippen LogP contribution in [0.2, 0.25) is 0 Å². The van der Waals surface area contributed by atoms with E-state index in [0.717, 1.165) is 16.9 Å². The highest BCUT2D eigenvalue weighted by Crippen LogP contribution is 2.16. The summed E-state index contributed by atoms with van der Waals surface area (Å²) < 4.78 is 10.1. The molecule has 0 saturated carbocycles. The quantitative estimate of drug-likeness (QED) is 0.418. The predicted molar refractivity (Wildman–Crippen MR) is 121 cm³/mol. The van der Waals surface area contributed by atoms with Gasteiger partial charge >= 0.3 is 5.97 Å². The summed E-state index contributed by atoms with van der Waals surface area (Å²) >= 11 is 0. The highest BCUT2D eigenvalue weighted by Gasteiger charge is 2.09. The minimum Gasteiger partial charge on any atom is -0.497 e. The Balaban J connectivity index is 1.55. The summed E-state index contributed by atoms with van der Waals surface area (Å²) in [5.74, 6) is 0.161. The largest absolute Gasteiger partial charge is 0.497 e. The second-order valence-electron chi connectivity index (χ2n) is 7.08. The van der Waals surface area contributed by atoms with Gasteiger partial charge in [-0.3, -0.25) is 14.4 Å². The smallest absolute Gasteiger partial charge is 0.308 e. The Morgan fingerprint density at radius 2 is 1.59 bits per heavy atom. The molecule has 3 aromatic rings. The molecule has 0 atom stereocenters. The normalized spacial score (nSPS) is 10.2. The minimum absolute atomic E-state index is 0.140. The average Bonchev–Trinajstić information content (AvgIpc) is 2.78. The van der Waals surface area contributed by atoms with E-state index in [9.17, 15) is 14.4 Å². The van der Waals surface area contributed by atoms with Crippen LogP contribution in [-0.2, 0) is 22.6 Å². The third kappa shape index (κ3) is 6.70. The molecule has 0 aromatic heterocycles. The molecular weight excluding hydrogens is 408 g/mol. The first kappa shape index (κ1) is 22.6. The zero-order chi connectivity index (χ0) is 22.9. The second kappa shape index (κ2) is 10.8. The van der Waals surface area contributed by atoms with E-state index in [-0.39, 0.29) is 24.8 Å². The summed E-state index contributed by atoms with van der Waals surface area (Å²) in [5.41, 5.74) is 2.74. The Morgan fingerprint density at radius 1 is 0.844 bits per heavy atom. The molecule has 0 aliphatic carbocycles. The summed E-state index contributed by atoms with van der Waals surface area (Å²) in [6.45, 7) is 1.58. The number of hydrogen-bond acceptors (Lipinski definition) is 5. The average molecular weight is 432 g/mol. The number of nitrogens with one attached hydrogen (secondary N) is 2. The number of rotatable bonds is 8. The molecule has 32 heavy (non-hydrogen) atoms. The van der Waals surface area contributed by atoms with E-state index in [1.807, 2.05) is 42.5 Å². The fraction of sp³-hybridized carbons (Fsp3) is 0.160. The highest BCUT2D eigenvalue weighted by atomic mass is 16.5. The lowest BCUT2D eigenvalue weighted by atomic mass is 10.1. The Labute approximate surface area is 186 Å². The Morgan fingerprint density at radius 3 is 2.31 bits per heavy atom. The predicted octanol–water partition coefficient (Wildman–Crippen LogP) is 3.73. The first-order valence-electron chi connectivity index (χ1n) is 10.0. The van der Waals surface area contributed by atoms with Gasteiger partial charge in [-0.15, -0.1) is 0 Å². The van der Waals surface area contributed by atoms with E-state index in [2.05, 4.69) is 10.6 Å².